The van der Waals surface area contributed by atoms with Gasteiger partial charge in [0.2, 0.25) is 11.8 Å². The van der Waals surface area contributed by atoms with Gasteiger partial charge in [0, 0.05) is 50.6 Å². The van der Waals surface area contributed by atoms with Crippen molar-refractivity contribution in [1.82, 2.24) is 24.9 Å². The van der Waals surface area contributed by atoms with E-state index in [4.69, 9.17) is 9.15 Å². The van der Waals surface area contributed by atoms with Crippen LogP contribution in [-0.4, -0.2) is 51.2 Å². The first kappa shape index (κ1) is 18.6. The number of nitrogens with zero attached hydrogens (tertiary/aromatic N) is 5. The second-order valence-corrected chi connectivity index (χ2v) is 6.07. The molecule has 0 bridgehead atoms. The summed E-state index contributed by atoms with van der Waals surface area (Å²) in [6.07, 6.45) is 3.63. The number of amides is 2. The fraction of sp³-hybridized carbons (Fsp3) is 0.333. The molecule has 0 aliphatic heterocycles. The summed E-state index contributed by atoms with van der Waals surface area (Å²) in [5, 5.41) is 14.8. The minimum absolute atomic E-state index is 0.211. The molecule has 142 valence electrons. The van der Waals surface area contributed by atoms with Gasteiger partial charge in [-0.3, -0.25) is 4.68 Å². The maximum Gasteiger partial charge on any atom is 0.322 e. The van der Waals surface area contributed by atoms with Crippen molar-refractivity contribution >= 4 is 11.7 Å². The van der Waals surface area contributed by atoms with Crippen LogP contribution >= 0.6 is 0 Å². The predicted octanol–water partition coefficient (Wildman–Crippen LogP) is 2.46. The van der Waals surface area contributed by atoms with E-state index in [0.717, 1.165) is 11.1 Å². The number of anilines is 1. The van der Waals surface area contributed by atoms with Gasteiger partial charge in [0.25, 0.3) is 0 Å². The standard InChI is InChI=1S/C18H22N6O3/c1-13-21-22-17(27-13)15-4-6-16(7-5-15)20-18(25)24(8-9-26-3)12-14-10-19-23(2)11-14/h4-7,10-11H,8-9,12H2,1-3H3,(H,20,25). The van der Waals surface area contributed by atoms with Crippen molar-refractivity contribution in [2.24, 2.45) is 7.05 Å². The third-order valence-corrected chi connectivity index (χ3v) is 3.89. The van der Waals surface area contributed by atoms with Crippen molar-refractivity contribution in [3.05, 3.63) is 48.1 Å². The molecule has 3 aromatic rings. The lowest BCUT2D eigenvalue weighted by Crippen LogP contribution is -2.36. The molecule has 0 unspecified atom stereocenters. The summed E-state index contributed by atoms with van der Waals surface area (Å²) in [4.78, 5) is 14.4. The second-order valence-electron chi connectivity index (χ2n) is 6.07. The first-order valence-corrected chi connectivity index (χ1v) is 8.48. The number of nitrogens with one attached hydrogen (secondary N) is 1. The minimum atomic E-state index is -0.211. The Morgan fingerprint density at radius 1 is 1.30 bits per heavy atom. The number of aromatic nitrogens is 4. The van der Waals surface area contributed by atoms with Crippen LogP contribution in [0.2, 0.25) is 0 Å². The molecule has 1 N–H and O–H groups in total. The number of methoxy groups -OCH3 is 1. The van der Waals surface area contributed by atoms with Gasteiger partial charge in [0.05, 0.1) is 19.3 Å². The maximum atomic E-state index is 12.7. The Morgan fingerprint density at radius 3 is 2.67 bits per heavy atom. The summed E-state index contributed by atoms with van der Waals surface area (Å²) in [5.41, 5.74) is 2.42. The summed E-state index contributed by atoms with van der Waals surface area (Å²) < 4.78 is 12.2. The molecule has 27 heavy (non-hydrogen) atoms. The summed E-state index contributed by atoms with van der Waals surface area (Å²) >= 11 is 0. The number of ether oxygens (including phenoxy) is 1. The van der Waals surface area contributed by atoms with Crippen LogP contribution in [0.1, 0.15) is 11.5 Å². The second kappa shape index (κ2) is 8.45. The van der Waals surface area contributed by atoms with Gasteiger partial charge in [0.15, 0.2) is 0 Å². The first-order valence-electron chi connectivity index (χ1n) is 8.48. The quantitative estimate of drug-likeness (QED) is 0.686. The number of urea groups is 1. The summed E-state index contributed by atoms with van der Waals surface area (Å²) in [6.45, 7) is 3.10. The number of aryl methyl sites for hydroxylation is 2. The lowest BCUT2D eigenvalue weighted by Gasteiger charge is -2.22. The third kappa shape index (κ3) is 4.91. The molecule has 0 spiro atoms. The molecule has 2 aromatic heterocycles. The lowest BCUT2D eigenvalue weighted by atomic mass is 10.2. The largest absolute Gasteiger partial charge is 0.421 e. The molecule has 0 radical (unpaired) electrons. The van der Waals surface area contributed by atoms with Crippen LogP contribution in [0.15, 0.2) is 41.1 Å². The highest BCUT2D eigenvalue weighted by molar-refractivity contribution is 5.89. The predicted molar refractivity (Wildman–Crippen MR) is 99.0 cm³/mol. The molecular weight excluding hydrogens is 348 g/mol. The van der Waals surface area contributed by atoms with E-state index in [-0.39, 0.29) is 6.03 Å². The Kier molecular flexibility index (Phi) is 5.82. The van der Waals surface area contributed by atoms with Gasteiger partial charge >= 0.3 is 6.03 Å². The van der Waals surface area contributed by atoms with E-state index in [1.165, 1.54) is 0 Å². The van der Waals surface area contributed by atoms with Crippen molar-refractivity contribution in [2.45, 2.75) is 13.5 Å². The molecule has 9 nitrogen and oxygen atoms in total. The minimum Gasteiger partial charge on any atom is -0.421 e. The van der Waals surface area contributed by atoms with Gasteiger partial charge in [-0.25, -0.2) is 4.79 Å². The van der Waals surface area contributed by atoms with Gasteiger partial charge in [-0.2, -0.15) is 5.10 Å². The zero-order valence-electron chi connectivity index (χ0n) is 15.5. The maximum absolute atomic E-state index is 12.7. The molecule has 9 heteroatoms. The van der Waals surface area contributed by atoms with Gasteiger partial charge in [-0.1, -0.05) is 0 Å². The van der Waals surface area contributed by atoms with E-state index in [2.05, 4.69) is 20.6 Å². The van der Waals surface area contributed by atoms with Crippen LogP contribution < -0.4 is 5.32 Å². The molecule has 2 amide bonds. The molecule has 0 atom stereocenters. The molecular formula is C18H22N6O3. The Balaban J connectivity index is 1.66. The van der Waals surface area contributed by atoms with Gasteiger partial charge in [-0.05, 0) is 24.3 Å². The number of hydrogen-bond acceptors (Lipinski definition) is 6. The number of carbonyl (C=O) groups excluding carboxylic acids is 1. The molecule has 3 rings (SSSR count). The molecule has 0 saturated carbocycles. The fourth-order valence-corrected chi connectivity index (χ4v) is 2.54. The van der Waals surface area contributed by atoms with Crippen LogP contribution in [0, 0.1) is 6.92 Å². The average molecular weight is 370 g/mol. The van der Waals surface area contributed by atoms with Crippen LogP contribution in [-0.2, 0) is 18.3 Å². The van der Waals surface area contributed by atoms with Crippen molar-refractivity contribution in [2.75, 3.05) is 25.6 Å². The smallest absolute Gasteiger partial charge is 0.322 e. The van der Waals surface area contributed by atoms with Crippen molar-refractivity contribution < 1.29 is 13.9 Å². The fourth-order valence-electron chi connectivity index (χ4n) is 2.54. The van der Waals surface area contributed by atoms with Gasteiger partial charge < -0.3 is 19.4 Å². The summed E-state index contributed by atoms with van der Waals surface area (Å²) in [5.74, 6) is 0.954. The van der Waals surface area contributed by atoms with Gasteiger partial charge in [0.1, 0.15) is 0 Å². The number of hydrogen-bond donors (Lipinski definition) is 1. The average Bonchev–Trinajstić information content (AvgIpc) is 3.27. The van der Waals surface area contributed by atoms with E-state index in [0.29, 0.717) is 37.2 Å². The van der Waals surface area contributed by atoms with E-state index in [1.54, 1.807) is 41.9 Å². The van der Waals surface area contributed by atoms with Crippen LogP contribution in [0.4, 0.5) is 10.5 Å². The van der Waals surface area contributed by atoms with Crippen molar-refractivity contribution in [1.29, 1.82) is 0 Å². The highest BCUT2D eigenvalue weighted by Crippen LogP contribution is 2.20. The van der Waals surface area contributed by atoms with E-state index >= 15 is 0 Å². The third-order valence-electron chi connectivity index (χ3n) is 3.89. The number of benzene rings is 1. The molecule has 0 fully saturated rings. The normalized spacial score (nSPS) is 10.8. The monoisotopic (exact) mass is 370 g/mol. The van der Waals surface area contributed by atoms with Crippen LogP contribution in [0.3, 0.4) is 0 Å². The molecule has 2 heterocycles. The van der Waals surface area contributed by atoms with Gasteiger partial charge in [-0.15, -0.1) is 10.2 Å². The molecule has 0 saturated heterocycles. The summed E-state index contributed by atoms with van der Waals surface area (Å²) in [7, 11) is 3.45. The van der Waals surface area contributed by atoms with E-state index in [1.807, 2.05) is 25.4 Å². The van der Waals surface area contributed by atoms with Crippen LogP contribution in [0.25, 0.3) is 11.5 Å². The Hall–Kier alpha value is -3.20. The number of rotatable bonds is 7. The highest BCUT2D eigenvalue weighted by Gasteiger charge is 2.15. The lowest BCUT2D eigenvalue weighted by molar-refractivity contribution is 0.153. The Bertz CT molecular complexity index is 887. The topological polar surface area (TPSA) is 98.3 Å². The first-order chi connectivity index (χ1) is 13.0. The van der Waals surface area contributed by atoms with E-state index in [9.17, 15) is 4.79 Å². The zero-order valence-corrected chi connectivity index (χ0v) is 15.5. The van der Waals surface area contributed by atoms with Crippen molar-refractivity contribution in [3.63, 3.8) is 0 Å². The molecule has 1 aromatic carbocycles. The molecule has 0 aliphatic carbocycles. The SMILES string of the molecule is COCCN(Cc1cnn(C)c1)C(=O)Nc1ccc(-c2nnc(C)o2)cc1. The Morgan fingerprint density at radius 2 is 2.07 bits per heavy atom. The molecule has 0 aliphatic rings. The zero-order chi connectivity index (χ0) is 19.2. The van der Waals surface area contributed by atoms with Crippen molar-refractivity contribution in [3.8, 4) is 11.5 Å². The van der Waals surface area contributed by atoms with E-state index < -0.39 is 0 Å². The Labute approximate surface area is 156 Å². The summed E-state index contributed by atoms with van der Waals surface area (Å²) in [6, 6.07) is 7.03. The highest BCUT2D eigenvalue weighted by atomic mass is 16.5. The van der Waals surface area contributed by atoms with Crippen LogP contribution in [0.5, 0.6) is 0 Å². The number of carbonyl (C=O) groups is 1.